The van der Waals surface area contributed by atoms with Crippen LogP contribution in [0, 0.1) is 0 Å². The van der Waals surface area contributed by atoms with Gasteiger partial charge in [-0.3, -0.25) is 0 Å². The number of hydrogen-bond acceptors (Lipinski definition) is 4. The average Bonchev–Trinajstić information content (AvgIpc) is 2.59. The summed E-state index contributed by atoms with van der Waals surface area (Å²) in [7, 11) is 0. The van der Waals surface area contributed by atoms with E-state index in [-0.39, 0.29) is 12.1 Å². The van der Waals surface area contributed by atoms with Gasteiger partial charge in [-0.05, 0) is 56.2 Å². The average molecular weight is 327 g/mol. The van der Waals surface area contributed by atoms with E-state index >= 15 is 0 Å². The summed E-state index contributed by atoms with van der Waals surface area (Å²) < 4.78 is 17.0. The van der Waals surface area contributed by atoms with Gasteiger partial charge >= 0.3 is 0 Å². The zero-order valence-corrected chi connectivity index (χ0v) is 14.5. The molecule has 1 heterocycles. The molecule has 0 spiro atoms. The van der Waals surface area contributed by atoms with E-state index in [1.807, 2.05) is 38.1 Å². The molecule has 2 aromatic carbocycles. The molecule has 0 amide bonds. The summed E-state index contributed by atoms with van der Waals surface area (Å²) >= 11 is 0. The zero-order valence-electron chi connectivity index (χ0n) is 14.5. The number of rotatable bonds is 6. The molecule has 3 rings (SSSR count). The van der Waals surface area contributed by atoms with Crippen molar-refractivity contribution in [2.75, 3.05) is 13.2 Å². The molecule has 4 nitrogen and oxygen atoms in total. The van der Waals surface area contributed by atoms with E-state index in [0.29, 0.717) is 13.2 Å². The van der Waals surface area contributed by atoms with Crippen LogP contribution >= 0.6 is 0 Å². The molecule has 0 fully saturated rings. The molecule has 0 saturated carbocycles. The van der Waals surface area contributed by atoms with Crippen LogP contribution in [0.15, 0.2) is 42.5 Å². The highest BCUT2D eigenvalue weighted by atomic mass is 16.6. The van der Waals surface area contributed by atoms with Gasteiger partial charge in [-0.1, -0.05) is 18.2 Å². The predicted octanol–water partition coefficient (Wildman–Crippen LogP) is 4.10. The van der Waals surface area contributed by atoms with E-state index in [1.54, 1.807) is 0 Å². The van der Waals surface area contributed by atoms with Gasteiger partial charge in [0.05, 0.1) is 6.10 Å². The molecule has 0 radical (unpaired) electrons. The summed E-state index contributed by atoms with van der Waals surface area (Å²) in [6.07, 6.45) is 0.182. The third-order valence-corrected chi connectivity index (χ3v) is 3.95. The smallest absolute Gasteiger partial charge is 0.161 e. The molecule has 0 aromatic heterocycles. The number of nitrogens with one attached hydrogen (secondary N) is 1. The van der Waals surface area contributed by atoms with E-state index in [0.717, 1.165) is 23.8 Å². The van der Waals surface area contributed by atoms with Crippen LogP contribution in [-0.4, -0.2) is 19.3 Å². The van der Waals surface area contributed by atoms with E-state index in [4.69, 9.17) is 14.2 Å². The van der Waals surface area contributed by atoms with Gasteiger partial charge in [0.1, 0.15) is 19.0 Å². The molecule has 0 bridgehead atoms. The Morgan fingerprint density at radius 3 is 2.58 bits per heavy atom. The maximum absolute atomic E-state index is 5.77. The van der Waals surface area contributed by atoms with Crippen molar-refractivity contribution in [3.05, 3.63) is 53.6 Å². The highest BCUT2D eigenvalue weighted by molar-refractivity contribution is 5.43. The lowest BCUT2D eigenvalue weighted by atomic mass is 10.1. The first-order valence-electron chi connectivity index (χ1n) is 8.50. The van der Waals surface area contributed by atoms with Crippen molar-refractivity contribution in [2.24, 2.45) is 0 Å². The Kier molecular flexibility index (Phi) is 5.26. The third-order valence-electron chi connectivity index (χ3n) is 3.95. The van der Waals surface area contributed by atoms with Crippen LogP contribution in [0.3, 0.4) is 0 Å². The highest BCUT2D eigenvalue weighted by Gasteiger charge is 2.12. The Morgan fingerprint density at radius 2 is 1.79 bits per heavy atom. The summed E-state index contributed by atoms with van der Waals surface area (Å²) in [6.45, 7) is 8.24. The molecule has 4 heteroatoms. The van der Waals surface area contributed by atoms with E-state index in [9.17, 15) is 0 Å². The molecule has 1 unspecified atom stereocenters. The number of fused-ring (bicyclic) bond motifs is 1. The van der Waals surface area contributed by atoms with Gasteiger partial charge in [0.2, 0.25) is 0 Å². The van der Waals surface area contributed by atoms with Crippen LogP contribution in [0.4, 0.5) is 0 Å². The van der Waals surface area contributed by atoms with Gasteiger partial charge < -0.3 is 19.5 Å². The summed E-state index contributed by atoms with van der Waals surface area (Å²) in [5.74, 6) is 2.58. The SMILES string of the molecule is CC(C)Oc1cccc(C(C)NCc2ccc3c(c2)OCCO3)c1. The fourth-order valence-corrected chi connectivity index (χ4v) is 2.72. The Bertz CT molecular complexity index is 684. The summed E-state index contributed by atoms with van der Waals surface area (Å²) in [4.78, 5) is 0. The van der Waals surface area contributed by atoms with E-state index in [2.05, 4.69) is 30.4 Å². The molecule has 0 saturated heterocycles. The van der Waals surface area contributed by atoms with Crippen molar-refractivity contribution in [2.45, 2.75) is 39.5 Å². The quantitative estimate of drug-likeness (QED) is 0.867. The van der Waals surface area contributed by atoms with E-state index in [1.165, 1.54) is 11.1 Å². The summed E-state index contributed by atoms with van der Waals surface area (Å²) in [5, 5.41) is 3.55. The first-order valence-corrected chi connectivity index (χ1v) is 8.50. The predicted molar refractivity (Wildman–Crippen MR) is 94.9 cm³/mol. The van der Waals surface area contributed by atoms with Crippen molar-refractivity contribution >= 4 is 0 Å². The second-order valence-corrected chi connectivity index (χ2v) is 6.32. The lowest BCUT2D eigenvalue weighted by Crippen LogP contribution is -2.19. The fraction of sp³-hybridized carbons (Fsp3) is 0.400. The van der Waals surface area contributed by atoms with Crippen LogP contribution in [-0.2, 0) is 6.54 Å². The zero-order chi connectivity index (χ0) is 16.9. The lowest BCUT2D eigenvalue weighted by molar-refractivity contribution is 0.171. The Hall–Kier alpha value is -2.20. The van der Waals surface area contributed by atoms with Crippen LogP contribution in [0.2, 0.25) is 0 Å². The van der Waals surface area contributed by atoms with Gasteiger partial charge in [-0.15, -0.1) is 0 Å². The normalized spacial score (nSPS) is 14.5. The minimum Gasteiger partial charge on any atom is -0.491 e. The molecule has 2 aromatic rings. The molecule has 1 aliphatic heterocycles. The standard InChI is InChI=1S/C20H25NO3/c1-14(2)24-18-6-4-5-17(12-18)15(3)21-13-16-7-8-19-20(11-16)23-10-9-22-19/h4-8,11-12,14-15,21H,9-10,13H2,1-3H3. The maximum Gasteiger partial charge on any atom is 0.161 e. The first kappa shape index (κ1) is 16.7. The fourth-order valence-electron chi connectivity index (χ4n) is 2.72. The monoisotopic (exact) mass is 327 g/mol. The first-order chi connectivity index (χ1) is 11.6. The molecule has 24 heavy (non-hydrogen) atoms. The molecular weight excluding hydrogens is 302 g/mol. The topological polar surface area (TPSA) is 39.7 Å². The minimum atomic E-state index is 0.182. The van der Waals surface area contributed by atoms with Crippen LogP contribution in [0.1, 0.15) is 37.9 Å². The van der Waals surface area contributed by atoms with E-state index < -0.39 is 0 Å². The Balaban J connectivity index is 1.62. The van der Waals surface area contributed by atoms with Gasteiger partial charge in [-0.2, -0.15) is 0 Å². The van der Waals surface area contributed by atoms with Crippen molar-refractivity contribution in [1.29, 1.82) is 0 Å². The number of hydrogen-bond donors (Lipinski definition) is 1. The van der Waals surface area contributed by atoms with Gasteiger partial charge in [0.15, 0.2) is 11.5 Å². The number of benzene rings is 2. The largest absolute Gasteiger partial charge is 0.491 e. The van der Waals surface area contributed by atoms with Gasteiger partial charge in [0.25, 0.3) is 0 Å². The van der Waals surface area contributed by atoms with Crippen LogP contribution < -0.4 is 19.5 Å². The third kappa shape index (κ3) is 4.20. The second kappa shape index (κ2) is 7.58. The van der Waals surface area contributed by atoms with Crippen molar-refractivity contribution in [3.63, 3.8) is 0 Å². The van der Waals surface area contributed by atoms with Gasteiger partial charge in [0, 0.05) is 12.6 Å². The van der Waals surface area contributed by atoms with Crippen molar-refractivity contribution in [3.8, 4) is 17.2 Å². The lowest BCUT2D eigenvalue weighted by Gasteiger charge is -2.20. The number of ether oxygens (including phenoxy) is 3. The molecule has 1 N–H and O–H groups in total. The molecular formula is C20H25NO3. The molecule has 128 valence electrons. The maximum atomic E-state index is 5.77. The van der Waals surface area contributed by atoms with Crippen molar-refractivity contribution in [1.82, 2.24) is 5.32 Å². The molecule has 1 atom stereocenters. The molecule has 1 aliphatic rings. The second-order valence-electron chi connectivity index (χ2n) is 6.32. The molecule has 0 aliphatic carbocycles. The summed E-state index contributed by atoms with van der Waals surface area (Å²) in [6, 6.07) is 14.6. The summed E-state index contributed by atoms with van der Waals surface area (Å²) in [5.41, 5.74) is 2.39. The van der Waals surface area contributed by atoms with Crippen molar-refractivity contribution < 1.29 is 14.2 Å². The minimum absolute atomic E-state index is 0.182. The highest BCUT2D eigenvalue weighted by Crippen LogP contribution is 2.31. The van der Waals surface area contributed by atoms with Crippen LogP contribution in [0.25, 0.3) is 0 Å². The van der Waals surface area contributed by atoms with Crippen LogP contribution in [0.5, 0.6) is 17.2 Å². The Morgan fingerprint density at radius 1 is 1.00 bits per heavy atom. The van der Waals surface area contributed by atoms with Gasteiger partial charge in [-0.25, -0.2) is 0 Å². The Labute approximate surface area is 143 Å².